The molecule has 2 atom stereocenters. The minimum absolute atomic E-state index is 0.343. The number of hydrazine groups is 1. The first-order chi connectivity index (χ1) is 12.9. The molecule has 2 N–H and O–H groups in total. The summed E-state index contributed by atoms with van der Waals surface area (Å²) in [7, 11) is 1.54. The lowest BCUT2D eigenvalue weighted by atomic mass is 9.83. The van der Waals surface area contributed by atoms with Crippen molar-refractivity contribution in [3.8, 4) is 5.75 Å². The number of aryl methyl sites for hydroxylation is 1. The highest BCUT2D eigenvalue weighted by Gasteiger charge is 2.50. The van der Waals surface area contributed by atoms with E-state index in [1.807, 2.05) is 0 Å². The molecule has 2 aliphatic rings. The molecule has 0 aliphatic carbocycles. The molecule has 2 aromatic rings. The Hall–Kier alpha value is -3.06. The molecule has 138 valence electrons. The molecule has 27 heavy (non-hydrogen) atoms. The minimum atomic E-state index is -1.14. The molecule has 2 amide bonds. The van der Waals surface area contributed by atoms with Gasteiger partial charge in [0.05, 0.1) is 12.8 Å². The number of anilines is 2. The van der Waals surface area contributed by atoms with Crippen molar-refractivity contribution in [2.75, 3.05) is 17.4 Å². The third-order valence-electron chi connectivity index (χ3n) is 4.81. The monoisotopic (exact) mass is 385 g/mol. The van der Waals surface area contributed by atoms with Crippen molar-refractivity contribution in [1.82, 2.24) is 5.43 Å². The number of Topliss-reactive ketones (excluding diaryl/α,β-unsaturated/α-hetero) is 1. The van der Waals surface area contributed by atoms with Crippen molar-refractivity contribution in [3.63, 3.8) is 0 Å². The Bertz CT molecular complexity index is 991. The van der Waals surface area contributed by atoms with Gasteiger partial charge in [0.2, 0.25) is 0 Å². The molecule has 0 saturated carbocycles. The molecular formula is C19H16ClN3O4. The fourth-order valence-corrected chi connectivity index (χ4v) is 3.62. The summed E-state index contributed by atoms with van der Waals surface area (Å²) in [4.78, 5) is 38.7. The van der Waals surface area contributed by atoms with E-state index in [2.05, 4.69) is 10.7 Å². The summed E-state index contributed by atoms with van der Waals surface area (Å²) in [6, 6.07) is 8.84. The molecular weight excluding hydrogens is 370 g/mol. The number of hydrogen-bond donors (Lipinski definition) is 2. The highest BCUT2D eigenvalue weighted by atomic mass is 35.5. The van der Waals surface area contributed by atoms with Gasteiger partial charge in [-0.15, -0.1) is 0 Å². The molecule has 1 saturated heterocycles. The average molecular weight is 386 g/mol. The van der Waals surface area contributed by atoms with Gasteiger partial charge in [0, 0.05) is 16.3 Å². The van der Waals surface area contributed by atoms with Gasteiger partial charge in [-0.1, -0.05) is 11.6 Å². The van der Waals surface area contributed by atoms with Gasteiger partial charge in [0.15, 0.2) is 5.78 Å². The highest BCUT2D eigenvalue weighted by Crippen LogP contribution is 2.35. The third kappa shape index (κ3) is 2.71. The molecule has 8 heteroatoms. The van der Waals surface area contributed by atoms with Gasteiger partial charge in [-0.3, -0.25) is 19.8 Å². The maximum absolute atomic E-state index is 13.1. The van der Waals surface area contributed by atoms with E-state index in [0.29, 0.717) is 27.7 Å². The van der Waals surface area contributed by atoms with Gasteiger partial charge < -0.3 is 10.1 Å². The van der Waals surface area contributed by atoms with E-state index in [9.17, 15) is 14.4 Å². The Morgan fingerprint density at radius 2 is 1.89 bits per heavy atom. The quantitative estimate of drug-likeness (QED) is 0.775. The van der Waals surface area contributed by atoms with Gasteiger partial charge in [-0.05, 0) is 48.9 Å². The predicted octanol–water partition coefficient (Wildman–Crippen LogP) is 2.33. The van der Waals surface area contributed by atoms with E-state index in [0.717, 1.165) is 10.6 Å². The Morgan fingerprint density at radius 1 is 1.11 bits per heavy atom. The van der Waals surface area contributed by atoms with E-state index in [4.69, 9.17) is 16.3 Å². The Kier molecular flexibility index (Phi) is 4.04. The molecule has 0 radical (unpaired) electrons. The van der Waals surface area contributed by atoms with Crippen LogP contribution in [0.5, 0.6) is 5.75 Å². The van der Waals surface area contributed by atoms with E-state index < -0.39 is 29.6 Å². The normalized spacial score (nSPS) is 21.1. The van der Waals surface area contributed by atoms with Gasteiger partial charge >= 0.3 is 0 Å². The fraction of sp³-hybridized carbons (Fsp3) is 0.211. The molecule has 2 heterocycles. The molecule has 2 unspecified atom stereocenters. The second kappa shape index (κ2) is 6.28. The molecule has 0 aromatic heterocycles. The summed E-state index contributed by atoms with van der Waals surface area (Å²) in [6.07, 6.45) is 0. The van der Waals surface area contributed by atoms with Crippen LogP contribution >= 0.6 is 11.6 Å². The zero-order valence-corrected chi connectivity index (χ0v) is 15.3. The number of fused-ring (bicyclic) bond motifs is 2. The summed E-state index contributed by atoms with van der Waals surface area (Å²) in [5.74, 6) is -1.87. The van der Waals surface area contributed by atoms with Crippen LogP contribution in [0, 0.1) is 12.8 Å². The van der Waals surface area contributed by atoms with Crippen molar-refractivity contribution in [2.45, 2.75) is 13.0 Å². The van der Waals surface area contributed by atoms with Crippen molar-refractivity contribution in [3.05, 3.63) is 52.5 Å². The number of nitrogens with one attached hydrogen (secondary N) is 2. The molecule has 2 aromatic carbocycles. The maximum Gasteiger partial charge on any atom is 0.262 e. The molecule has 7 nitrogen and oxygen atoms in total. The minimum Gasteiger partial charge on any atom is -0.497 e. The summed E-state index contributed by atoms with van der Waals surface area (Å²) in [5, 5.41) is 4.54. The first-order valence-corrected chi connectivity index (χ1v) is 8.68. The van der Waals surface area contributed by atoms with E-state index in [1.54, 1.807) is 50.4 Å². The van der Waals surface area contributed by atoms with Crippen LogP contribution in [0.2, 0.25) is 5.02 Å². The number of carbonyl (C=O) groups is 3. The number of ketones is 1. The second-order valence-corrected chi connectivity index (χ2v) is 6.89. The fourth-order valence-electron chi connectivity index (χ4n) is 3.45. The van der Waals surface area contributed by atoms with Crippen LogP contribution < -0.4 is 20.5 Å². The van der Waals surface area contributed by atoms with E-state index >= 15 is 0 Å². The van der Waals surface area contributed by atoms with Crippen LogP contribution in [-0.4, -0.2) is 30.7 Å². The van der Waals surface area contributed by atoms with Crippen molar-refractivity contribution in [1.29, 1.82) is 0 Å². The zero-order valence-electron chi connectivity index (χ0n) is 14.6. The molecule has 0 spiro atoms. The smallest absolute Gasteiger partial charge is 0.262 e. The molecule has 2 aliphatic heterocycles. The number of benzene rings is 2. The van der Waals surface area contributed by atoms with Crippen LogP contribution in [-0.2, 0) is 9.59 Å². The Morgan fingerprint density at radius 3 is 2.59 bits per heavy atom. The summed E-state index contributed by atoms with van der Waals surface area (Å²) in [5.41, 5.74) is 4.59. The zero-order chi connectivity index (χ0) is 19.3. The lowest BCUT2D eigenvalue weighted by molar-refractivity contribution is -0.134. The van der Waals surface area contributed by atoms with Crippen LogP contribution in [0.3, 0.4) is 0 Å². The first-order valence-electron chi connectivity index (χ1n) is 8.30. The number of carbonyl (C=O) groups excluding carboxylic acids is 3. The Balaban J connectivity index is 1.74. The second-order valence-electron chi connectivity index (χ2n) is 6.46. The number of nitrogens with zero attached hydrogens (tertiary/aromatic N) is 1. The highest BCUT2D eigenvalue weighted by molar-refractivity contribution is 6.31. The maximum atomic E-state index is 13.1. The first kappa shape index (κ1) is 17.4. The largest absolute Gasteiger partial charge is 0.497 e. The molecule has 4 rings (SSSR count). The van der Waals surface area contributed by atoms with Gasteiger partial charge in [-0.25, -0.2) is 5.01 Å². The predicted molar refractivity (Wildman–Crippen MR) is 100 cm³/mol. The number of hydrogen-bond acceptors (Lipinski definition) is 5. The summed E-state index contributed by atoms with van der Waals surface area (Å²) < 4.78 is 5.17. The van der Waals surface area contributed by atoms with Crippen LogP contribution in [0.15, 0.2) is 36.4 Å². The van der Waals surface area contributed by atoms with Gasteiger partial charge in [0.25, 0.3) is 11.8 Å². The Labute approximate surface area is 160 Å². The topological polar surface area (TPSA) is 87.7 Å². The summed E-state index contributed by atoms with van der Waals surface area (Å²) >= 11 is 5.97. The van der Waals surface area contributed by atoms with Crippen LogP contribution in [0.4, 0.5) is 11.4 Å². The van der Waals surface area contributed by atoms with E-state index in [1.165, 1.54) is 0 Å². The number of halogens is 1. The van der Waals surface area contributed by atoms with Crippen LogP contribution in [0.1, 0.15) is 15.9 Å². The van der Waals surface area contributed by atoms with Crippen molar-refractivity contribution < 1.29 is 19.1 Å². The van der Waals surface area contributed by atoms with Crippen molar-refractivity contribution in [2.24, 2.45) is 5.92 Å². The van der Waals surface area contributed by atoms with E-state index in [-0.39, 0.29) is 0 Å². The average Bonchev–Trinajstić information content (AvgIpc) is 2.64. The third-order valence-corrected chi connectivity index (χ3v) is 5.04. The summed E-state index contributed by atoms with van der Waals surface area (Å²) in [6.45, 7) is 1.79. The van der Waals surface area contributed by atoms with Gasteiger partial charge in [-0.2, -0.15) is 0 Å². The number of amides is 2. The molecule has 0 bridgehead atoms. The number of ether oxygens (including phenoxy) is 1. The number of rotatable bonds is 2. The van der Waals surface area contributed by atoms with Crippen molar-refractivity contribution >= 4 is 40.6 Å². The van der Waals surface area contributed by atoms with Gasteiger partial charge in [0.1, 0.15) is 17.7 Å². The number of methoxy groups -OCH3 is 1. The SMILES string of the molecule is COc1ccc(N2NC(=O)C3Nc4cc(Cl)ccc4C(=O)C3C2=O)c(C)c1. The lowest BCUT2D eigenvalue weighted by Gasteiger charge is -2.40. The lowest BCUT2D eigenvalue weighted by Crippen LogP contribution is -2.66. The molecule has 1 fully saturated rings. The van der Waals surface area contributed by atoms with Crippen LogP contribution in [0.25, 0.3) is 0 Å². The standard InChI is InChI=1S/C19H16ClN3O4/c1-9-7-11(27-2)4-6-14(9)23-19(26)15-16(18(25)22-23)21-13-8-10(20)3-5-12(13)17(15)24/h3-8,15-16,21H,1-2H3,(H,22,25).